The lowest BCUT2D eigenvalue weighted by Gasteiger charge is -2.34. The molecule has 1 saturated carbocycles. The van der Waals surface area contributed by atoms with Crippen LogP contribution in [0.2, 0.25) is 0 Å². The minimum absolute atomic E-state index is 0.0911. The number of ketones is 4. The zero-order chi connectivity index (χ0) is 42.5. The van der Waals surface area contributed by atoms with Gasteiger partial charge in [-0.2, -0.15) is 13.2 Å². The summed E-state index contributed by atoms with van der Waals surface area (Å²) in [5, 5.41) is 2.53. The summed E-state index contributed by atoms with van der Waals surface area (Å²) < 4.78 is 45.6. The van der Waals surface area contributed by atoms with Crippen LogP contribution in [0.3, 0.4) is 0 Å². The Morgan fingerprint density at radius 2 is 1.54 bits per heavy atom. The fourth-order valence-electron chi connectivity index (χ4n) is 8.08. The number of likely N-dealkylation sites (tertiary alicyclic amines) is 1. The molecule has 1 aromatic rings. The second kappa shape index (κ2) is 21.7. The fraction of sp³-hybridized carbons (Fsp3) is 0.698. The maximum Gasteiger partial charge on any atom is 0.416 e. The van der Waals surface area contributed by atoms with Crippen molar-refractivity contribution in [1.82, 2.24) is 10.2 Å². The summed E-state index contributed by atoms with van der Waals surface area (Å²) >= 11 is 0. The van der Waals surface area contributed by atoms with Crippen LogP contribution < -0.4 is 11.1 Å². The molecule has 3 amide bonds. The van der Waals surface area contributed by atoms with E-state index in [1.54, 1.807) is 0 Å². The molecule has 1 aliphatic carbocycles. The molecule has 1 aliphatic heterocycles. The van der Waals surface area contributed by atoms with Gasteiger partial charge in [0.1, 0.15) is 11.8 Å². The number of nitrogens with zero attached hydrogens (tertiary/aromatic N) is 1. The molecule has 2 aliphatic rings. The monoisotopic (exact) mass is 805 g/mol. The Hall–Kier alpha value is -3.94. The van der Waals surface area contributed by atoms with E-state index < -0.39 is 82.9 Å². The summed E-state index contributed by atoms with van der Waals surface area (Å²) in [4.78, 5) is 94.7. The van der Waals surface area contributed by atoms with Gasteiger partial charge in [0, 0.05) is 56.9 Å². The number of nitrogens with one attached hydrogen (secondary N) is 1. The van der Waals surface area contributed by atoms with Crippen molar-refractivity contribution in [2.24, 2.45) is 23.5 Å². The number of carbonyl (C=O) groups excluding carboxylic acids is 7. The van der Waals surface area contributed by atoms with E-state index in [9.17, 15) is 46.7 Å². The molecule has 1 heterocycles. The number of unbranched alkanes of at least 4 members (excludes halogenated alkanes) is 1. The third-order valence-corrected chi connectivity index (χ3v) is 10.9. The zero-order valence-corrected chi connectivity index (χ0v) is 34.2. The summed E-state index contributed by atoms with van der Waals surface area (Å²) in [6.07, 6.45) is 0.526. The second-order valence-corrected chi connectivity index (χ2v) is 16.8. The summed E-state index contributed by atoms with van der Waals surface area (Å²) in [7, 11) is 0. The predicted octanol–water partition coefficient (Wildman–Crippen LogP) is 6.64. The number of amides is 3. The first-order chi connectivity index (χ1) is 26.7. The predicted molar refractivity (Wildman–Crippen MR) is 208 cm³/mol. The highest BCUT2D eigenvalue weighted by molar-refractivity contribution is 6.38. The quantitative estimate of drug-likeness (QED) is 0.123. The molecule has 3 N–H and O–H groups in total. The van der Waals surface area contributed by atoms with Crippen LogP contribution in [0, 0.1) is 17.8 Å². The zero-order valence-electron chi connectivity index (χ0n) is 34.2. The van der Waals surface area contributed by atoms with Crippen molar-refractivity contribution < 1.29 is 51.5 Å². The maximum atomic E-state index is 14.6. The Kier molecular flexibility index (Phi) is 18.1. The Balaban J connectivity index is 1.79. The molecule has 0 aromatic heterocycles. The lowest BCUT2D eigenvalue weighted by Crippen LogP contribution is -2.47. The van der Waals surface area contributed by atoms with E-state index in [4.69, 9.17) is 10.5 Å². The first-order valence-electron chi connectivity index (χ1n) is 20.6. The molecule has 2 fully saturated rings. The van der Waals surface area contributed by atoms with Gasteiger partial charge < -0.3 is 20.7 Å². The van der Waals surface area contributed by atoms with Crippen molar-refractivity contribution >= 4 is 40.9 Å². The smallest absolute Gasteiger partial charge is 0.371 e. The molecule has 318 valence electrons. The van der Waals surface area contributed by atoms with E-state index in [-0.39, 0.29) is 62.7 Å². The molecule has 1 saturated heterocycles. The van der Waals surface area contributed by atoms with Crippen LogP contribution in [0.5, 0.6) is 0 Å². The maximum absolute atomic E-state index is 14.6. The minimum Gasteiger partial charge on any atom is -0.371 e. The van der Waals surface area contributed by atoms with Crippen LogP contribution in [0.1, 0.15) is 142 Å². The van der Waals surface area contributed by atoms with Gasteiger partial charge in [-0.25, -0.2) is 0 Å². The summed E-state index contributed by atoms with van der Waals surface area (Å²) in [5.74, 6) is -5.78. The second-order valence-electron chi connectivity index (χ2n) is 16.8. The number of benzene rings is 1. The van der Waals surface area contributed by atoms with Crippen LogP contribution in [0.15, 0.2) is 24.3 Å². The van der Waals surface area contributed by atoms with Crippen LogP contribution >= 0.6 is 0 Å². The first kappa shape index (κ1) is 47.4. The van der Waals surface area contributed by atoms with Gasteiger partial charge in [0.25, 0.3) is 0 Å². The van der Waals surface area contributed by atoms with Gasteiger partial charge in [0.05, 0.1) is 23.3 Å². The molecule has 11 nitrogen and oxygen atoms in total. The Morgan fingerprint density at radius 3 is 2.11 bits per heavy atom. The number of hydrogen-bond donors (Lipinski definition) is 2. The number of Topliss-reactive ketones (excluding diaryl/α,β-unsaturated/α-hetero) is 4. The number of carbonyl (C=O) groups is 7. The largest absolute Gasteiger partial charge is 0.416 e. The molecule has 0 spiro atoms. The first-order valence-corrected chi connectivity index (χ1v) is 20.6. The number of primary amides is 1. The molecule has 3 unspecified atom stereocenters. The van der Waals surface area contributed by atoms with Crippen LogP contribution in [0.25, 0.3) is 0 Å². The molecular formula is C43H62F3N3O8. The van der Waals surface area contributed by atoms with Crippen molar-refractivity contribution in [2.45, 2.75) is 167 Å². The number of hydrogen-bond acceptors (Lipinski definition) is 8. The molecule has 5 atom stereocenters. The standard InChI is InChI=1S/C43H62F3N3O8/c1-6-8-15-34(40(47)55)48-38(53)21-20-36(51)39(54)29(12-7-2)23-37(52)35-25-32(57-42(3,4)5)26-49(35)41(56)33(28-13-10-9-11-14-28)24-31(50)22-27-16-18-30(19-17-27)43(44,45)46/h16-19,28-29,32-35H,6-15,20-26H2,1-5H3,(H2,47,55)(H,48,53)/t29?,32-,33?,34?,35+/m1/s1. The SMILES string of the molecule is CCCCC(NC(=O)CCC(=O)C(=O)C(CCC)CC(=O)[C@@H]1C[C@@H](OC(C)(C)C)CN1C(=O)C(CC(=O)Cc1ccc(C(F)(F)F)cc1)C1CCCCC1)C(N)=O. The minimum atomic E-state index is -4.51. The molecule has 0 radical (unpaired) electrons. The van der Waals surface area contributed by atoms with Crippen molar-refractivity contribution in [3.8, 4) is 0 Å². The summed E-state index contributed by atoms with van der Waals surface area (Å²) in [6, 6.07) is 2.54. The lowest BCUT2D eigenvalue weighted by atomic mass is 9.76. The normalized spacial score (nSPS) is 19.4. The van der Waals surface area contributed by atoms with Gasteiger partial charge in [-0.15, -0.1) is 0 Å². The Bertz CT molecular complexity index is 1570. The molecule has 57 heavy (non-hydrogen) atoms. The van der Waals surface area contributed by atoms with Gasteiger partial charge in [0.2, 0.25) is 23.5 Å². The van der Waals surface area contributed by atoms with E-state index in [0.29, 0.717) is 37.7 Å². The average Bonchev–Trinajstić information content (AvgIpc) is 3.56. The third-order valence-electron chi connectivity index (χ3n) is 10.9. The Labute approximate surface area is 334 Å². The van der Waals surface area contributed by atoms with Crippen molar-refractivity contribution in [2.75, 3.05) is 6.54 Å². The molecule has 14 heteroatoms. The lowest BCUT2D eigenvalue weighted by molar-refractivity contribution is -0.146. The number of ether oxygens (including phenoxy) is 1. The van der Waals surface area contributed by atoms with Gasteiger partial charge in [-0.3, -0.25) is 33.6 Å². The Morgan fingerprint density at radius 1 is 0.895 bits per heavy atom. The van der Waals surface area contributed by atoms with E-state index in [1.807, 2.05) is 34.6 Å². The van der Waals surface area contributed by atoms with E-state index in [0.717, 1.165) is 37.8 Å². The van der Waals surface area contributed by atoms with Crippen molar-refractivity contribution in [1.29, 1.82) is 0 Å². The molecule has 0 bridgehead atoms. The van der Waals surface area contributed by atoms with E-state index in [1.165, 1.54) is 17.0 Å². The summed E-state index contributed by atoms with van der Waals surface area (Å²) in [5.41, 5.74) is 4.38. The average molecular weight is 806 g/mol. The highest BCUT2D eigenvalue weighted by atomic mass is 19.4. The van der Waals surface area contributed by atoms with Gasteiger partial charge >= 0.3 is 6.18 Å². The fourth-order valence-corrected chi connectivity index (χ4v) is 8.08. The van der Waals surface area contributed by atoms with E-state index in [2.05, 4.69) is 5.32 Å². The van der Waals surface area contributed by atoms with Crippen LogP contribution in [0.4, 0.5) is 13.2 Å². The van der Waals surface area contributed by atoms with Gasteiger partial charge in [-0.1, -0.05) is 64.5 Å². The third kappa shape index (κ3) is 15.1. The number of nitrogens with two attached hydrogens (primary N) is 1. The van der Waals surface area contributed by atoms with Gasteiger partial charge in [0.15, 0.2) is 11.6 Å². The molecule has 1 aromatic carbocycles. The van der Waals surface area contributed by atoms with Crippen LogP contribution in [-0.4, -0.2) is 76.1 Å². The number of halogens is 3. The molecular weight excluding hydrogens is 743 g/mol. The summed E-state index contributed by atoms with van der Waals surface area (Å²) in [6.45, 7) is 9.42. The number of rotatable bonds is 22. The van der Waals surface area contributed by atoms with Crippen LogP contribution in [-0.2, 0) is 50.9 Å². The topological polar surface area (TPSA) is 170 Å². The highest BCUT2D eigenvalue weighted by Crippen LogP contribution is 2.37. The number of alkyl halides is 3. The van der Waals surface area contributed by atoms with Gasteiger partial charge in [-0.05, 0) is 70.1 Å². The van der Waals surface area contributed by atoms with E-state index >= 15 is 0 Å². The highest BCUT2D eigenvalue weighted by Gasteiger charge is 2.46. The molecule has 3 rings (SSSR count). The van der Waals surface area contributed by atoms with Crippen molar-refractivity contribution in [3.63, 3.8) is 0 Å². The van der Waals surface area contributed by atoms with Crippen molar-refractivity contribution in [3.05, 3.63) is 35.4 Å².